The number of carbonyl (C=O) groups excluding carboxylic acids is 1. The lowest BCUT2D eigenvalue weighted by molar-refractivity contribution is 0.102. The number of aromatic nitrogens is 1. The third kappa shape index (κ3) is 4.25. The third-order valence-electron chi connectivity index (χ3n) is 5.46. The van der Waals surface area contributed by atoms with Crippen molar-refractivity contribution in [2.75, 3.05) is 36.4 Å². The predicted octanol–water partition coefficient (Wildman–Crippen LogP) is 4.61. The summed E-state index contributed by atoms with van der Waals surface area (Å²) in [4.78, 5) is 21.9. The number of likely N-dealkylation sites (tertiary alicyclic amines) is 1. The molecule has 1 fully saturated rings. The first kappa shape index (κ1) is 18.7. The second-order valence-corrected chi connectivity index (χ2v) is 7.47. The quantitative estimate of drug-likeness (QED) is 0.591. The van der Waals surface area contributed by atoms with Crippen LogP contribution in [0.1, 0.15) is 42.5 Å². The molecule has 0 atom stereocenters. The maximum atomic E-state index is 12.6. The van der Waals surface area contributed by atoms with E-state index in [-0.39, 0.29) is 5.91 Å². The van der Waals surface area contributed by atoms with Gasteiger partial charge in [-0.3, -0.25) is 9.69 Å². The fraction of sp³-hybridized carbons (Fsp3) is 0.391. The lowest BCUT2D eigenvalue weighted by atomic mass is 10.1. The lowest BCUT2D eigenvalue weighted by Gasteiger charge is -2.25. The highest BCUT2D eigenvalue weighted by molar-refractivity contribution is 6.11. The average Bonchev–Trinajstić information content (AvgIpc) is 2.86. The van der Waals surface area contributed by atoms with Crippen LogP contribution in [0.2, 0.25) is 0 Å². The highest BCUT2D eigenvalue weighted by atomic mass is 16.1. The molecule has 4 rings (SSSR count). The summed E-state index contributed by atoms with van der Waals surface area (Å²) in [7, 11) is 0. The van der Waals surface area contributed by atoms with E-state index in [0.717, 1.165) is 43.1 Å². The molecular weight excluding hydrogens is 348 g/mol. The number of hydrogen-bond acceptors (Lipinski definition) is 4. The molecule has 1 saturated heterocycles. The second-order valence-electron chi connectivity index (χ2n) is 7.47. The molecule has 0 radical (unpaired) electrons. The van der Waals surface area contributed by atoms with Gasteiger partial charge in [0.1, 0.15) is 0 Å². The number of pyridine rings is 1. The van der Waals surface area contributed by atoms with Gasteiger partial charge >= 0.3 is 0 Å². The Morgan fingerprint density at radius 2 is 1.89 bits per heavy atom. The molecular formula is C23H28N4O. The molecule has 2 aromatic rings. The van der Waals surface area contributed by atoms with Crippen LogP contribution >= 0.6 is 0 Å². The molecule has 28 heavy (non-hydrogen) atoms. The van der Waals surface area contributed by atoms with Crippen LogP contribution in [-0.2, 0) is 0 Å². The van der Waals surface area contributed by atoms with E-state index < -0.39 is 0 Å². The summed E-state index contributed by atoms with van der Waals surface area (Å²) in [5, 5.41) is 2.99. The molecule has 0 unspecified atom stereocenters. The summed E-state index contributed by atoms with van der Waals surface area (Å²) < 4.78 is 0. The minimum Gasteiger partial charge on any atom is -0.324 e. The zero-order valence-corrected chi connectivity index (χ0v) is 16.3. The summed E-state index contributed by atoms with van der Waals surface area (Å²) >= 11 is 0. The van der Waals surface area contributed by atoms with Crippen LogP contribution in [0, 0.1) is 0 Å². The van der Waals surface area contributed by atoms with Gasteiger partial charge in [0.2, 0.25) is 0 Å². The standard InChI is InChI=1S/C23H28N4O/c28-23-19-11-4-5-13-21(19)27(22-20(25-23)12-10-14-24-22)18-9-2-1-6-15-26-16-7-3-8-17-26/h1,4-6,10-14H,2-3,7-9,15-18H2,(H,25,28). The number of nitrogens with zero attached hydrogens (tertiary/aromatic N) is 3. The molecule has 1 N–H and O–H groups in total. The minimum absolute atomic E-state index is 0.0752. The third-order valence-corrected chi connectivity index (χ3v) is 5.46. The smallest absolute Gasteiger partial charge is 0.257 e. The van der Waals surface area contributed by atoms with Crippen molar-refractivity contribution < 1.29 is 4.79 Å². The van der Waals surface area contributed by atoms with Gasteiger partial charge in [-0.1, -0.05) is 30.7 Å². The molecule has 0 bridgehead atoms. The Hall–Kier alpha value is -2.66. The van der Waals surface area contributed by atoms with E-state index in [0.29, 0.717) is 5.56 Å². The predicted molar refractivity (Wildman–Crippen MR) is 114 cm³/mol. The molecule has 2 aliphatic heterocycles. The fourth-order valence-corrected chi connectivity index (χ4v) is 3.99. The molecule has 5 heteroatoms. The van der Waals surface area contributed by atoms with Gasteiger partial charge in [-0.25, -0.2) is 4.98 Å². The van der Waals surface area contributed by atoms with E-state index in [2.05, 4.69) is 32.3 Å². The van der Waals surface area contributed by atoms with Gasteiger partial charge in [-0.15, -0.1) is 0 Å². The largest absolute Gasteiger partial charge is 0.324 e. The van der Waals surface area contributed by atoms with E-state index in [9.17, 15) is 4.79 Å². The Kier molecular flexibility index (Phi) is 6.02. The van der Waals surface area contributed by atoms with E-state index in [1.165, 1.54) is 32.4 Å². The molecule has 1 amide bonds. The lowest BCUT2D eigenvalue weighted by Crippen LogP contribution is -2.29. The molecule has 5 nitrogen and oxygen atoms in total. The average molecular weight is 377 g/mol. The van der Waals surface area contributed by atoms with Crippen molar-refractivity contribution >= 4 is 23.1 Å². The van der Waals surface area contributed by atoms with Gasteiger partial charge in [0.15, 0.2) is 5.82 Å². The van der Waals surface area contributed by atoms with Crippen LogP contribution in [0.3, 0.4) is 0 Å². The van der Waals surface area contributed by atoms with Crippen molar-refractivity contribution in [1.82, 2.24) is 9.88 Å². The first-order chi connectivity index (χ1) is 13.8. The van der Waals surface area contributed by atoms with Crippen molar-refractivity contribution in [3.8, 4) is 0 Å². The Morgan fingerprint density at radius 1 is 1.04 bits per heavy atom. The number of benzene rings is 1. The number of carbonyl (C=O) groups is 1. The Labute approximate surface area is 167 Å². The fourth-order valence-electron chi connectivity index (χ4n) is 3.99. The number of amides is 1. The second kappa shape index (κ2) is 9.02. The van der Waals surface area contributed by atoms with Gasteiger partial charge in [0, 0.05) is 19.3 Å². The van der Waals surface area contributed by atoms with Crippen LogP contribution in [0.25, 0.3) is 0 Å². The van der Waals surface area contributed by atoms with E-state index in [1.54, 1.807) is 6.20 Å². The maximum absolute atomic E-state index is 12.6. The van der Waals surface area contributed by atoms with Crippen LogP contribution in [0.5, 0.6) is 0 Å². The number of unbranched alkanes of at least 4 members (excludes halogenated alkanes) is 1. The molecule has 0 spiro atoms. The number of piperidine rings is 1. The molecule has 146 valence electrons. The van der Waals surface area contributed by atoms with Crippen LogP contribution in [-0.4, -0.2) is 42.0 Å². The Balaban J connectivity index is 1.42. The van der Waals surface area contributed by atoms with E-state index in [1.807, 2.05) is 36.4 Å². The van der Waals surface area contributed by atoms with Crippen molar-refractivity contribution in [2.24, 2.45) is 0 Å². The first-order valence-corrected chi connectivity index (χ1v) is 10.3. The Morgan fingerprint density at radius 3 is 2.79 bits per heavy atom. The number of nitrogens with one attached hydrogen (secondary N) is 1. The Bertz CT molecular complexity index is 842. The van der Waals surface area contributed by atoms with Crippen molar-refractivity contribution in [2.45, 2.75) is 32.1 Å². The monoisotopic (exact) mass is 376 g/mol. The minimum atomic E-state index is -0.0752. The number of para-hydroxylation sites is 1. The first-order valence-electron chi connectivity index (χ1n) is 10.3. The van der Waals surface area contributed by atoms with Gasteiger partial charge in [0.25, 0.3) is 5.91 Å². The van der Waals surface area contributed by atoms with Gasteiger partial charge in [-0.05, 0) is 63.0 Å². The van der Waals surface area contributed by atoms with E-state index in [4.69, 9.17) is 0 Å². The number of anilines is 3. The summed E-state index contributed by atoms with van der Waals surface area (Å²) in [6.07, 6.45) is 12.5. The van der Waals surface area contributed by atoms with Crippen molar-refractivity contribution in [3.05, 3.63) is 60.3 Å². The van der Waals surface area contributed by atoms with Crippen LogP contribution in [0.15, 0.2) is 54.7 Å². The van der Waals surface area contributed by atoms with Gasteiger partial charge in [-0.2, -0.15) is 0 Å². The van der Waals surface area contributed by atoms with Gasteiger partial charge < -0.3 is 10.2 Å². The molecule has 3 heterocycles. The normalized spacial score (nSPS) is 17.1. The number of hydrogen-bond donors (Lipinski definition) is 1. The number of allylic oxidation sites excluding steroid dienone is 1. The molecule has 1 aromatic heterocycles. The van der Waals surface area contributed by atoms with Gasteiger partial charge in [0.05, 0.1) is 16.9 Å². The molecule has 0 aliphatic carbocycles. The van der Waals surface area contributed by atoms with Crippen LogP contribution < -0.4 is 10.2 Å². The highest BCUT2D eigenvalue weighted by Crippen LogP contribution is 2.36. The molecule has 0 saturated carbocycles. The number of fused-ring (bicyclic) bond motifs is 2. The van der Waals surface area contributed by atoms with E-state index >= 15 is 0 Å². The SMILES string of the molecule is O=C1Nc2cccnc2N(CCCC=CCN2CCCCC2)c2ccccc21. The highest BCUT2D eigenvalue weighted by Gasteiger charge is 2.25. The summed E-state index contributed by atoms with van der Waals surface area (Å²) in [5.41, 5.74) is 2.39. The topological polar surface area (TPSA) is 48.5 Å². The zero-order valence-electron chi connectivity index (χ0n) is 16.3. The van der Waals surface area contributed by atoms with Crippen molar-refractivity contribution in [1.29, 1.82) is 0 Å². The zero-order chi connectivity index (χ0) is 19.2. The van der Waals surface area contributed by atoms with Crippen molar-refractivity contribution in [3.63, 3.8) is 0 Å². The summed E-state index contributed by atoms with van der Waals surface area (Å²) in [6.45, 7) is 4.36. The maximum Gasteiger partial charge on any atom is 0.257 e. The molecule has 2 aliphatic rings. The summed E-state index contributed by atoms with van der Waals surface area (Å²) in [5.74, 6) is 0.742. The number of rotatable bonds is 6. The molecule has 1 aromatic carbocycles. The summed E-state index contributed by atoms with van der Waals surface area (Å²) in [6, 6.07) is 11.5. The van der Waals surface area contributed by atoms with Crippen LogP contribution in [0.4, 0.5) is 17.2 Å².